The summed E-state index contributed by atoms with van der Waals surface area (Å²) in [5.41, 5.74) is 5.80. The number of ether oxygens (including phenoxy) is 1. The fourth-order valence-electron chi connectivity index (χ4n) is 0.797. The molecule has 2 N–H and O–H groups in total. The molecule has 0 heterocycles. The average Bonchev–Trinajstić information content (AvgIpc) is 1.88. The Hall–Kier alpha value is -0.0800. The molecule has 0 aliphatic rings. The molecule has 0 aliphatic heterocycles. The first-order valence-corrected chi connectivity index (χ1v) is 3.93. The van der Waals surface area contributed by atoms with Crippen LogP contribution in [0.15, 0.2) is 0 Å². The van der Waals surface area contributed by atoms with E-state index in [1.54, 1.807) is 7.11 Å². The van der Waals surface area contributed by atoms with E-state index in [1.165, 1.54) is 0 Å². The van der Waals surface area contributed by atoms with Gasteiger partial charge >= 0.3 is 0 Å². The molecule has 0 aliphatic carbocycles. The van der Waals surface area contributed by atoms with Gasteiger partial charge in [-0.1, -0.05) is 13.8 Å². The first-order chi connectivity index (χ1) is 4.68. The number of nitrogens with two attached hydrogens (primary N) is 1. The van der Waals surface area contributed by atoms with Crippen molar-refractivity contribution >= 4 is 0 Å². The van der Waals surface area contributed by atoms with Crippen molar-refractivity contribution in [3.05, 3.63) is 0 Å². The summed E-state index contributed by atoms with van der Waals surface area (Å²) < 4.78 is 4.92. The lowest BCUT2D eigenvalue weighted by molar-refractivity contribution is 0.188. The zero-order chi connectivity index (χ0) is 7.98. The summed E-state index contributed by atoms with van der Waals surface area (Å²) in [5, 5.41) is 0. The van der Waals surface area contributed by atoms with Crippen LogP contribution < -0.4 is 5.73 Å². The van der Waals surface area contributed by atoms with Crippen molar-refractivity contribution < 1.29 is 4.74 Å². The second-order valence-electron chi connectivity index (χ2n) is 3.04. The van der Waals surface area contributed by atoms with Crippen LogP contribution in [0.1, 0.15) is 26.7 Å². The third-order valence-corrected chi connectivity index (χ3v) is 1.74. The van der Waals surface area contributed by atoms with Gasteiger partial charge in [0, 0.05) is 19.8 Å². The highest BCUT2D eigenvalue weighted by Gasteiger charge is 2.05. The van der Waals surface area contributed by atoms with Crippen LogP contribution in [0.4, 0.5) is 0 Å². The third kappa shape index (κ3) is 4.77. The van der Waals surface area contributed by atoms with Gasteiger partial charge in [0.1, 0.15) is 0 Å². The lowest BCUT2D eigenvalue weighted by Gasteiger charge is -2.14. The van der Waals surface area contributed by atoms with Crippen LogP contribution >= 0.6 is 0 Å². The molecule has 0 aromatic carbocycles. The fraction of sp³-hybridized carbons (Fsp3) is 1.00. The van der Waals surface area contributed by atoms with E-state index in [1.807, 2.05) is 0 Å². The van der Waals surface area contributed by atoms with Gasteiger partial charge in [0.15, 0.2) is 0 Å². The highest BCUT2D eigenvalue weighted by molar-refractivity contribution is 4.64. The van der Waals surface area contributed by atoms with Crippen LogP contribution in [0.2, 0.25) is 0 Å². The van der Waals surface area contributed by atoms with Crippen molar-refractivity contribution in [2.45, 2.75) is 32.7 Å². The van der Waals surface area contributed by atoms with Gasteiger partial charge in [-0.15, -0.1) is 0 Å². The SMILES string of the molecule is COCCCC(N)C(C)C. The van der Waals surface area contributed by atoms with Crippen molar-refractivity contribution in [2.24, 2.45) is 11.7 Å². The standard InChI is InChI=1S/C8H19NO/c1-7(2)8(9)5-4-6-10-3/h7-8H,4-6,9H2,1-3H3. The molecule has 0 spiro atoms. The Morgan fingerprint density at radius 1 is 1.40 bits per heavy atom. The van der Waals surface area contributed by atoms with Gasteiger partial charge in [0.2, 0.25) is 0 Å². The highest BCUT2D eigenvalue weighted by atomic mass is 16.5. The maximum atomic E-state index is 5.80. The third-order valence-electron chi connectivity index (χ3n) is 1.74. The second-order valence-corrected chi connectivity index (χ2v) is 3.04. The zero-order valence-electron chi connectivity index (χ0n) is 7.26. The minimum atomic E-state index is 0.343. The Kier molecular flexibility index (Phi) is 5.64. The summed E-state index contributed by atoms with van der Waals surface area (Å²) in [6.07, 6.45) is 2.15. The van der Waals surface area contributed by atoms with E-state index in [0.29, 0.717) is 12.0 Å². The first-order valence-electron chi connectivity index (χ1n) is 3.93. The van der Waals surface area contributed by atoms with Crippen LogP contribution in [0, 0.1) is 5.92 Å². The van der Waals surface area contributed by atoms with Gasteiger partial charge in [-0.25, -0.2) is 0 Å². The fourth-order valence-corrected chi connectivity index (χ4v) is 0.797. The Balaban J connectivity index is 3.13. The number of hydrogen-bond donors (Lipinski definition) is 1. The summed E-state index contributed by atoms with van der Waals surface area (Å²) >= 11 is 0. The summed E-state index contributed by atoms with van der Waals surface area (Å²) in [4.78, 5) is 0. The molecule has 1 atom stereocenters. The molecule has 0 saturated heterocycles. The number of rotatable bonds is 5. The molecule has 0 bridgehead atoms. The molecular formula is C8H19NO. The smallest absolute Gasteiger partial charge is 0.0462 e. The predicted octanol–water partition coefficient (Wildman–Crippen LogP) is 1.40. The van der Waals surface area contributed by atoms with Gasteiger partial charge < -0.3 is 10.5 Å². The molecule has 0 saturated carbocycles. The van der Waals surface area contributed by atoms with Gasteiger partial charge in [-0.05, 0) is 18.8 Å². The van der Waals surface area contributed by atoms with Crippen molar-refractivity contribution in [3.63, 3.8) is 0 Å². The van der Waals surface area contributed by atoms with E-state index in [9.17, 15) is 0 Å². The lowest BCUT2D eigenvalue weighted by atomic mass is 10.0. The summed E-state index contributed by atoms with van der Waals surface area (Å²) in [6.45, 7) is 5.13. The Labute approximate surface area is 63.7 Å². The first kappa shape index (κ1) is 9.92. The van der Waals surface area contributed by atoms with E-state index in [4.69, 9.17) is 10.5 Å². The number of methoxy groups -OCH3 is 1. The molecule has 0 aromatic heterocycles. The molecule has 10 heavy (non-hydrogen) atoms. The second kappa shape index (κ2) is 5.69. The lowest BCUT2D eigenvalue weighted by Crippen LogP contribution is -2.26. The van der Waals surface area contributed by atoms with Crippen LogP contribution in [0.5, 0.6) is 0 Å². The van der Waals surface area contributed by atoms with E-state index in [2.05, 4.69) is 13.8 Å². The van der Waals surface area contributed by atoms with E-state index in [-0.39, 0.29) is 0 Å². The van der Waals surface area contributed by atoms with Gasteiger partial charge in [-0.3, -0.25) is 0 Å². The molecule has 0 amide bonds. The average molecular weight is 145 g/mol. The monoisotopic (exact) mass is 145 g/mol. The Morgan fingerprint density at radius 3 is 2.40 bits per heavy atom. The van der Waals surface area contributed by atoms with Crippen LogP contribution in [0.25, 0.3) is 0 Å². The van der Waals surface area contributed by atoms with Gasteiger partial charge in [0.25, 0.3) is 0 Å². The predicted molar refractivity (Wildman–Crippen MR) is 43.9 cm³/mol. The van der Waals surface area contributed by atoms with Crippen molar-refractivity contribution in [1.29, 1.82) is 0 Å². The molecule has 62 valence electrons. The van der Waals surface area contributed by atoms with E-state index in [0.717, 1.165) is 19.4 Å². The zero-order valence-corrected chi connectivity index (χ0v) is 7.26. The molecule has 2 nitrogen and oxygen atoms in total. The molecule has 1 unspecified atom stereocenters. The molecule has 0 aromatic rings. The minimum Gasteiger partial charge on any atom is -0.385 e. The maximum absolute atomic E-state index is 5.80. The highest BCUT2D eigenvalue weighted by Crippen LogP contribution is 2.04. The molecule has 0 radical (unpaired) electrons. The molecule has 0 fully saturated rings. The normalized spacial score (nSPS) is 14.1. The maximum Gasteiger partial charge on any atom is 0.0462 e. The summed E-state index contributed by atoms with van der Waals surface area (Å²) in [6, 6.07) is 0.343. The van der Waals surface area contributed by atoms with Gasteiger partial charge in [-0.2, -0.15) is 0 Å². The van der Waals surface area contributed by atoms with Crippen LogP contribution in [0.3, 0.4) is 0 Å². The molecular weight excluding hydrogens is 126 g/mol. The van der Waals surface area contributed by atoms with Gasteiger partial charge in [0.05, 0.1) is 0 Å². The summed E-state index contributed by atoms with van der Waals surface area (Å²) in [7, 11) is 1.72. The number of hydrogen-bond acceptors (Lipinski definition) is 2. The molecule has 2 heteroatoms. The van der Waals surface area contributed by atoms with E-state index >= 15 is 0 Å². The molecule has 0 rings (SSSR count). The quantitative estimate of drug-likeness (QED) is 0.593. The Bertz CT molecular complexity index is 73.7. The minimum absolute atomic E-state index is 0.343. The topological polar surface area (TPSA) is 35.2 Å². The summed E-state index contributed by atoms with van der Waals surface area (Å²) in [5.74, 6) is 0.594. The largest absolute Gasteiger partial charge is 0.385 e. The Morgan fingerprint density at radius 2 is 2.00 bits per heavy atom. The van der Waals surface area contributed by atoms with Crippen molar-refractivity contribution in [1.82, 2.24) is 0 Å². The van der Waals surface area contributed by atoms with Crippen molar-refractivity contribution in [3.8, 4) is 0 Å². The van der Waals surface area contributed by atoms with Crippen LogP contribution in [-0.2, 0) is 4.74 Å². The van der Waals surface area contributed by atoms with Crippen molar-refractivity contribution in [2.75, 3.05) is 13.7 Å². The van der Waals surface area contributed by atoms with Crippen LogP contribution in [-0.4, -0.2) is 19.8 Å². The van der Waals surface area contributed by atoms with E-state index < -0.39 is 0 Å².